The summed E-state index contributed by atoms with van der Waals surface area (Å²) in [6.07, 6.45) is 0. The van der Waals surface area contributed by atoms with E-state index in [9.17, 15) is 4.79 Å². The molecule has 0 heterocycles. The fourth-order valence-electron chi connectivity index (χ4n) is 1.21. The molecular weight excluding hydrogens is 230 g/mol. The summed E-state index contributed by atoms with van der Waals surface area (Å²) in [6, 6.07) is 5.18. The first-order chi connectivity index (χ1) is 7.69. The molecule has 2 N–H and O–H groups in total. The lowest BCUT2D eigenvalue weighted by atomic mass is 10.2. The van der Waals surface area contributed by atoms with Crippen LogP contribution in [0.4, 0.5) is 0 Å². The molecule has 0 unspecified atom stereocenters. The predicted molar refractivity (Wildman–Crippen MR) is 61.5 cm³/mol. The second-order valence-corrected chi connectivity index (χ2v) is 3.42. The van der Waals surface area contributed by atoms with E-state index in [0.717, 1.165) is 0 Å². The van der Waals surface area contributed by atoms with Crippen LogP contribution in [-0.2, 0) is 16.1 Å². The van der Waals surface area contributed by atoms with Crippen LogP contribution in [0.25, 0.3) is 0 Å². The highest BCUT2D eigenvalue weighted by Crippen LogP contribution is 2.25. The highest BCUT2D eigenvalue weighted by Gasteiger charge is 2.08. The lowest BCUT2D eigenvalue weighted by molar-refractivity contribution is -0.145. The van der Waals surface area contributed by atoms with Crippen LogP contribution in [0.1, 0.15) is 12.5 Å². The van der Waals surface area contributed by atoms with Crippen LogP contribution >= 0.6 is 11.6 Å². The van der Waals surface area contributed by atoms with E-state index in [1.807, 2.05) is 0 Å². The van der Waals surface area contributed by atoms with Crippen LogP contribution in [0, 0.1) is 0 Å². The zero-order valence-electron chi connectivity index (χ0n) is 9.03. The van der Waals surface area contributed by atoms with Crippen molar-refractivity contribution >= 4 is 17.6 Å². The molecule has 0 bridgehead atoms. The number of halogens is 1. The maximum atomic E-state index is 11.1. The third-order valence-electron chi connectivity index (χ3n) is 1.93. The van der Waals surface area contributed by atoms with Crippen molar-refractivity contribution in [2.75, 3.05) is 13.2 Å². The summed E-state index contributed by atoms with van der Waals surface area (Å²) >= 11 is 5.93. The molecule has 0 saturated heterocycles. The van der Waals surface area contributed by atoms with Gasteiger partial charge < -0.3 is 15.2 Å². The average Bonchev–Trinajstić information content (AvgIpc) is 2.27. The van der Waals surface area contributed by atoms with Crippen molar-refractivity contribution in [2.24, 2.45) is 5.73 Å². The van der Waals surface area contributed by atoms with Crippen molar-refractivity contribution < 1.29 is 14.3 Å². The molecular formula is C11H14ClNO3. The highest BCUT2D eigenvalue weighted by molar-refractivity contribution is 6.31. The fourth-order valence-corrected chi connectivity index (χ4v) is 1.45. The Labute approximate surface area is 99.3 Å². The van der Waals surface area contributed by atoms with Gasteiger partial charge in [0.15, 0.2) is 6.61 Å². The molecule has 1 rings (SSSR count). The number of ether oxygens (including phenoxy) is 2. The maximum absolute atomic E-state index is 11.1. The third kappa shape index (κ3) is 3.40. The number of carbonyl (C=O) groups excluding carboxylic acids is 1. The lowest BCUT2D eigenvalue weighted by Crippen LogP contribution is -2.15. The van der Waals surface area contributed by atoms with Crippen molar-refractivity contribution in [3.05, 3.63) is 28.8 Å². The Balaban J connectivity index is 2.66. The summed E-state index contributed by atoms with van der Waals surface area (Å²) in [4.78, 5) is 11.1. The van der Waals surface area contributed by atoms with Gasteiger partial charge in [0.2, 0.25) is 0 Å². The summed E-state index contributed by atoms with van der Waals surface area (Å²) in [5, 5.41) is 0.531. The number of nitrogens with two attached hydrogens (primary N) is 1. The van der Waals surface area contributed by atoms with Gasteiger partial charge in [-0.15, -0.1) is 0 Å². The number of esters is 1. The number of carbonyl (C=O) groups is 1. The van der Waals surface area contributed by atoms with Crippen LogP contribution in [0.2, 0.25) is 5.02 Å². The number of rotatable bonds is 5. The largest absolute Gasteiger partial charge is 0.482 e. The van der Waals surface area contributed by atoms with Gasteiger partial charge in [0.1, 0.15) is 5.75 Å². The van der Waals surface area contributed by atoms with Gasteiger partial charge in [0.25, 0.3) is 0 Å². The number of hydrogen-bond acceptors (Lipinski definition) is 4. The molecule has 0 atom stereocenters. The topological polar surface area (TPSA) is 61.5 Å². The quantitative estimate of drug-likeness (QED) is 0.801. The van der Waals surface area contributed by atoms with Gasteiger partial charge >= 0.3 is 5.97 Å². The van der Waals surface area contributed by atoms with E-state index in [-0.39, 0.29) is 13.2 Å². The van der Waals surface area contributed by atoms with Crippen LogP contribution < -0.4 is 10.5 Å². The first-order valence-corrected chi connectivity index (χ1v) is 5.32. The molecule has 4 nitrogen and oxygen atoms in total. The fraction of sp³-hybridized carbons (Fsp3) is 0.364. The van der Waals surface area contributed by atoms with E-state index in [0.29, 0.717) is 22.9 Å². The van der Waals surface area contributed by atoms with Gasteiger partial charge in [-0.3, -0.25) is 0 Å². The van der Waals surface area contributed by atoms with Crippen molar-refractivity contribution in [3.8, 4) is 5.75 Å². The molecule has 5 heteroatoms. The minimum Gasteiger partial charge on any atom is -0.482 e. The summed E-state index contributed by atoms with van der Waals surface area (Å²) in [5.41, 5.74) is 6.22. The zero-order valence-corrected chi connectivity index (χ0v) is 9.79. The Bertz CT molecular complexity index is 368. The Morgan fingerprint density at radius 3 is 2.88 bits per heavy atom. The summed E-state index contributed by atoms with van der Waals surface area (Å²) in [5.74, 6) is 0.105. The maximum Gasteiger partial charge on any atom is 0.344 e. The molecule has 0 aliphatic rings. The summed E-state index contributed by atoms with van der Waals surface area (Å²) in [6.45, 7) is 2.20. The van der Waals surface area contributed by atoms with Crippen LogP contribution in [-0.4, -0.2) is 19.2 Å². The van der Waals surface area contributed by atoms with Crippen molar-refractivity contribution in [1.82, 2.24) is 0 Å². The van der Waals surface area contributed by atoms with Gasteiger partial charge in [0, 0.05) is 17.1 Å². The Kier molecular flexibility index (Phi) is 5.08. The monoisotopic (exact) mass is 243 g/mol. The molecule has 0 fully saturated rings. The summed E-state index contributed by atoms with van der Waals surface area (Å²) < 4.78 is 10.0. The van der Waals surface area contributed by atoms with Crippen LogP contribution in [0.15, 0.2) is 18.2 Å². The molecule has 0 amide bonds. The highest BCUT2D eigenvalue weighted by atomic mass is 35.5. The molecule has 0 aliphatic heterocycles. The normalized spacial score (nSPS) is 9.94. The Morgan fingerprint density at radius 2 is 2.25 bits per heavy atom. The van der Waals surface area contributed by atoms with E-state index >= 15 is 0 Å². The third-order valence-corrected chi connectivity index (χ3v) is 2.28. The van der Waals surface area contributed by atoms with Crippen molar-refractivity contribution in [1.29, 1.82) is 0 Å². The number of benzene rings is 1. The molecule has 0 aliphatic carbocycles. The van der Waals surface area contributed by atoms with E-state index in [4.69, 9.17) is 26.8 Å². The smallest absolute Gasteiger partial charge is 0.344 e. The second kappa shape index (κ2) is 6.35. The molecule has 16 heavy (non-hydrogen) atoms. The number of hydrogen-bond donors (Lipinski definition) is 1. The molecule has 88 valence electrons. The van der Waals surface area contributed by atoms with Gasteiger partial charge in [-0.05, 0) is 19.1 Å². The summed E-state index contributed by atoms with van der Waals surface area (Å²) in [7, 11) is 0. The second-order valence-electron chi connectivity index (χ2n) is 3.01. The average molecular weight is 244 g/mol. The van der Waals surface area contributed by atoms with E-state index in [2.05, 4.69) is 0 Å². The van der Waals surface area contributed by atoms with Gasteiger partial charge in [-0.25, -0.2) is 4.79 Å². The molecule has 0 saturated carbocycles. The minimum absolute atomic E-state index is 0.138. The molecule has 0 radical (unpaired) electrons. The van der Waals surface area contributed by atoms with Crippen molar-refractivity contribution in [3.63, 3.8) is 0 Å². The molecule has 1 aromatic carbocycles. The van der Waals surface area contributed by atoms with Crippen LogP contribution in [0.5, 0.6) is 5.75 Å². The van der Waals surface area contributed by atoms with Gasteiger partial charge in [0.05, 0.1) is 6.61 Å². The minimum atomic E-state index is -0.412. The van der Waals surface area contributed by atoms with E-state index in [1.54, 1.807) is 25.1 Å². The van der Waals surface area contributed by atoms with Crippen LogP contribution in [0.3, 0.4) is 0 Å². The Hall–Kier alpha value is -1.26. The van der Waals surface area contributed by atoms with E-state index < -0.39 is 5.97 Å². The predicted octanol–water partition coefficient (Wildman–Crippen LogP) is 1.74. The van der Waals surface area contributed by atoms with Gasteiger partial charge in [-0.1, -0.05) is 17.7 Å². The molecule has 1 aromatic rings. The molecule has 0 spiro atoms. The Morgan fingerprint density at radius 1 is 1.50 bits per heavy atom. The molecule has 0 aromatic heterocycles. The SMILES string of the molecule is CCOC(=O)COc1cccc(Cl)c1CN. The van der Waals surface area contributed by atoms with Crippen molar-refractivity contribution in [2.45, 2.75) is 13.5 Å². The van der Waals surface area contributed by atoms with Gasteiger partial charge in [-0.2, -0.15) is 0 Å². The first kappa shape index (κ1) is 12.8. The zero-order chi connectivity index (χ0) is 12.0. The first-order valence-electron chi connectivity index (χ1n) is 4.95. The van der Waals surface area contributed by atoms with E-state index in [1.165, 1.54) is 0 Å². The standard InChI is InChI=1S/C11H14ClNO3/c1-2-15-11(14)7-16-10-5-3-4-9(12)8(10)6-13/h3-5H,2,6-7,13H2,1H3. The lowest BCUT2D eigenvalue weighted by Gasteiger charge is -2.10.